The Bertz CT molecular complexity index is 1320. The average molecular weight is 605 g/mol. The molecule has 1 unspecified atom stereocenters. The standard InChI is InChI=1S/C28H30F6N2O6/c1-4-7-17-14-19(26(39-3,27(29,30)31)28(32,33)34)9-10-20(17)40-13-6-12-36-23(37)25(5-2,35-24(36)38)18-8-11-21-22(15-18)42-16-41-21/h8-11,14-15H,4-7,12-13,16H2,1-3H3,(H,35,38). The number of halogens is 6. The van der Waals surface area contributed by atoms with E-state index in [0.717, 1.165) is 17.0 Å². The highest BCUT2D eigenvalue weighted by molar-refractivity contribution is 6.07. The monoisotopic (exact) mass is 604 g/mol. The molecule has 1 N–H and O–H groups in total. The maximum atomic E-state index is 13.7. The first-order valence-corrected chi connectivity index (χ1v) is 13.2. The number of fused-ring (bicyclic) bond motifs is 1. The van der Waals surface area contributed by atoms with Gasteiger partial charge in [-0.2, -0.15) is 26.3 Å². The minimum Gasteiger partial charge on any atom is -0.493 e. The number of urea groups is 1. The molecule has 8 nitrogen and oxygen atoms in total. The van der Waals surface area contributed by atoms with Crippen molar-refractivity contribution in [2.45, 2.75) is 63.0 Å². The first kappa shape index (κ1) is 31.3. The summed E-state index contributed by atoms with van der Waals surface area (Å²) in [5.74, 6) is 0.600. The van der Waals surface area contributed by atoms with Gasteiger partial charge in [0, 0.05) is 19.2 Å². The number of methoxy groups -OCH3 is 1. The Labute approximate surface area is 237 Å². The SMILES string of the molecule is CCCc1cc(C(OC)(C(F)(F)F)C(F)(F)F)ccc1OCCCN1C(=O)NC(CC)(c2ccc3c(c2)OCO3)C1=O. The van der Waals surface area contributed by atoms with Crippen LogP contribution in [-0.2, 0) is 27.1 Å². The van der Waals surface area contributed by atoms with Crippen molar-refractivity contribution >= 4 is 11.9 Å². The Morgan fingerprint density at radius 3 is 2.29 bits per heavy atom. The number of imide groups is 1. The van der Waals surface area contributed by atoms with Crippen LogP contribution in [0.5, 0.6) is 17.2 Å². The summed E-state index contributed by atoms with van der Waals surface area (Å²) in [6, 6.07) is 6.89. The second kappa shape index (κ2) is 11.5. The minimum absolute atomic E-state index is 0.0346. The number of benzene rings is 2. The predicted molar refractivity (Wildman–Crippen MR) is 136 cm³/mol. The van der Waals surface area contributed by atoms with Gasteiger partial charge in [0.2, 0.25) is 6.79 Å². The number of aryl methyl sites for hydroxylation is 1. The van der Waals surface area contributed by atoms with Crippen LogP contribution in [-0.4, -0.2) is 56.2 Å². The zero-order chi connectivity index (χ0) is 30.9. The summed E-state index contributed by atoms with van der Waals surface area (Å²) in [4.78, 5) is 27.3. The molecular formula is C28H30F6N2O6. The molecule has 2 aliphatic rings. The zero-order valence-corrected chi connectivity index (χ0v) is 23.1. The van der Waals surface area contributed by atoms with Crippen molar-refractivity contribution in [2.75, 3.05) is 27.1 Å². The van der Waals surface area contributed by atoms with Crippen LogP contribution in [0.15, 0.2) is 36.4 Å². The van der Waals surface area contributed by atoms with Crippen LogP contribution in [0.25, 0.3) is 0 Å². The number of hydrogen-bond acceptors (Lipinski definition) is 6. The van der Waals surface area contributed by atoms with Gasteiger partial charge in [0.1, 0.15) is 11.3 Å². The number of rotatable bonds is 11. The lowest BCUT2D eigenvalue weighted by Crippen LogP contribution is -2.55. The smallest absolute Gasteiger partial charge is 0.430 e. The van der Waals surface area contributed by atoms with Crippen molar-refractivity contribution in [1.82, 2.24) is 10.2 Å². The molecule has 1 fully saturated rings. The lowest BCUT2D eigenvalue weighted by atomic mass is 9.87. The van der Waals surface area contributed by atoms with Crippen molar-refractivity contribution in [3.8, 4) is 17.2 Å². The van der Waals surface area contributed by atoms with E-state index in [1.54, 1.807) is 32.0 Å². The number of amides is 3. The van der Waals surface area contributed by atoms with E-state index in [9.17, 15) is 35.9 Å². The van der Waals surface area contributed by atoms with Crippen molar-refractivity contribution < 1.29 is 54.9 Å². The second-order valence-electron chi connectivity index (χ2n) is 9.87. The molecule has 0 saturated carbocycles. The normalized spacial score (nSPS) is 18.9. The fourth-order valence-corrected chi connectivity index (χ4v) is 5.28. The maximum absolute atomic E-state index is 13.7. The zero-order valence-electron chi connectivity index (χ0n) is 23.1. The van der Waals surface area contributed by atoms with E-state index in [4.69, 9.17) is 14.2 Å². The molecule has 0 aliphatic carbocycles. The molecule has 0 spiro atoms. The second-order valence-corrected chi connectivity index (χ2v) is 9.87. The molecule has 1 atom stereocenters. The summed E-state index contributed by atoms with van der Waals surface area (Å²) < 4.78 is 103. The van der Waals surface area contributed by atoms with Crippen LogP contribution >= 0.6 is 0 Å². The summed E-state index contributed by atoms with van der Waals surface area (Å²) in [6.07, 6.45) is -10.6. The van der Waals surface area contributed by atoms with E-state index >= 15 is 0 Å². The van der Waals surface area contributed by atoms with Gasteiger partial charge >= 0.3 is 18.4 Å². The Hall–Kier alpha value is -3.68. The molecule has 14 heteroatoms. The summed E-state index contributed by atoms with van der Waals surface area (Å²) >= 11 is 0. The van der Waals surface area contributed by atoms with E-state index in [1.165, 1.54) is 0 Å². The summed E-state index contributed by atoms with van der Waals surface area (Å²) in [5.41, 5.74) is -6.27. The highest BCUT2D eigenvalue weighted by Crippen LogP contribution is 2.53. The third kappa shape index (κ3) is 5.20. The third-order valence-corrected chi connectivity index (χ3v) is 7.45. The average Bonchev–Trinajstić information content (AvgIpc) is 3.48. The molecule has 42 heavy (non-hydrogen) atoms. The van der Waals surface area contributed by atoms with Crippen molar-refractivity contribution in [3.63, 3.8) is 0 Å². The van der Waals surface area contributed by atoms with Crippen LogP contribution in [0.4, 0.5) is 31.1 Å². The maximum Gasteiger partial charge on any atom is 0.430 e. The molecule has 2 heterocycles. The van der Waals surface area contributed by atoms with Crippen molar-refractivity contribution in [2.24, 2.45) is 0 Å². The number of alkyl halides is 6. The summed E-state index contributed by atoms with van der Waals surface area (Å²) in [5, 5.41) is 2.76. The predicted octanol–water partition coefficient (Wildman–Crippen LogP) is 5.96. The molecular weight excluding hydrogens is 574 g/mol. The van der Waals surface area contributed by atoms with Gasteiger partial charge in [0.15, 0.2) is 11.5 Å². The van der Waals surface area contributed by atoms with Crippen LogP contribution in [0, 0.1) is 0 Å². The first-order valence-electron chi connectivity index (χ1n) is 13.2. The fourth-order valence-electron chi connectivity index (χ4n) is 5.28. The van der Waals surface area contributed by atoms with Gasteiger partial charge in [0.25, 0.3) is 11.5 Å². The molecule has 2 aromatic carbocycles. The van der Waals surface area contributed by atoms with Gasteiger partial charge in [-0.15, -0.1) is 0 Å². The molecule has 3 amide bonds. The van der Waals surface area contributed by atoms with Crippen LogP contribution in [0.3, 0.4) is 0 Å². The quantitative estimate of drug-likeness (QED) is 0.194. The highest BCUT2D eigenvalue weighted by Gasteiger charge is 2.73. The summed E-state index contributed by atoms with van der Waals surface area (Å²) in [7, 11) is 0.362. The van der Waals surface area contributed by atoms with Gasteiger partial charge in [-0.1, -0.05) is 32.4 Å². The van der Waals surface area contributed by atoms with Gasteiger partial charge in [-0.05, 0) is 54.7 Å². The molecule has 0 aromatic heterocycles. The van der Waals surface area contributed by atoms with Crippen molar-refractivity contribution in [3.05, 3.63) is 53.1 Å². The Balaban J connectivity index is 1.47. The molecule has 4 rings (SSSR count). The van der Waals surface area contributed by atoms with Crippen LogP contribution in [0.1, 0.15) is 49.8 Å². The number of nitrogens with one attached hydrogen (secondary N) is 1. The molecule has 0 bridgehead atoms. The van der Waals surface area contributed by atoms with E-state index in [0.29, 0.717) is 36.7 Å². The van der Waals surface area contributed by atoms with Crippen LogP contribution < -0.4 is 19.5 Å². The number of carbonyl (C=O) groups is 2. The molecule has 230 valence electrons. The largest absolute Gasteiger partial charge is 0.493 e. The Kier molecular flexibility index (Phi) is 8.59. The highest BCUT2D eigenvalue weighted by atomic mass is 19.4. The van der Waals surface area contributed by atoms with Gasteiger partial charge in [0.05, 0.1) is 6.61 Å². The lowest BCUT2D eigenvalue weighted by Gasteiger charge is -2.36. The molecule has 1 saturated heterocycles. The Morgan fingerprint density at radius 2 is 1.67 bits per heavy atom. The fraction of sp³-hybridized carbons (Fsp3) is 0.500. The number of ether oxygens (including phenoxy) is 4. The van der Waals surface area contributed by atoms with E-state index in [-0.39, 0.29) is 50.5 Å². The topological polar surface area (TPSA) is 86.3 Å². The summed E-state index contributed by atoms with van der Waals surface area (Å²) in [6.45, 7) is 3.41. The molecule has 2 aromatic rings. The van der Waals surface area contributed by atoms with Gasteiger partial charge < -0.3 is 24.3 Å². The first-order chi connectivity index (χ1) is 19.8. The number of hydrogen-bond donors (Lipinski definition) is 1. The van der Waals surface area contributed by atoms with Crippen LogP contribution in [0.2, 0.25) is 0 Å². The van der Waals surface area contributed by atoms with Crippen molar-refractivity contribution in [1.29, 1.82) is 0 Å². The lowest BCUT2D eigenvalue weighted by molar-refractivity contribution is -0.383. The minimum atomic E-state index is -5.77. The number of nitrogens with zero attached hydrogens (tertiary/aromatic N) is 1. The van der Waals surface area contributed by atoms with E-state index in [2.05, 4.69) is 10.1 Å². The van der Waals surface area contributed by atoms with E-state index in [1.807, 2.05) is 0 Å². The molecule has 2 aliphatic heterocycles. The van der Waals surface area contributed by atoms with Gasteiger partial charge in [-0.25, -0.2) is 4.79 Å². The van der Waals surface area contributed by atoms with Gasteiger partial charge in [-0.3, -0.25) is 9.69 Å². The third-order valence-electron chi connectivity index (χ3n) is 7.45. The molecule has 0 radical (unpaired) electrons. The van der Waals surface area contributed by atoms with E-state index < -0.39 is 41.0 Å². The Morgan fingerprint density at radius 1 is 0.976 bits per heavy atom. The number of carbonyl (C=O) groups excluding carboxylic acids is 2.